The van der Waals surface area contributed by atoms with Crippen molar-refractivity contribution < 1.29 is 4.74 Å². The molecule has 4 nitrogen and oxygen atoms in total. The standard InChI is InChI=1S/C23H26BrN3O/c1-16-4-5-17(21(12-16)28-3)15-26-19-13-18(24)14-20(22(19)25-2)27-10-8-23(6-7-23)9-11-27/h4-5,12-14,26H,6-11,15H2,1,3H3. The van der Waals surface area contributed by atoms with Crippen LogP contribution >= 0.6 is 15.9 Å². The predicted octanol–water partition coefficient (Wildman–Crippen LogP) is 6.31. The third kappa shape index (κ3) is 3.84. The zero-order valence-corrected chi connectivity index (χ0v) is 18.1. The minimum absolute atomic E-state index is 0.616. The lowest BCUT2D eigenvalue weighted by molar-refractivity contribution is 0.384. The Morgan fingerprint density at radius 1 is 1.18 bits per heavy atom. The molecule has 5 heteroatoms. The summed E-state index contributed by atoms with van der Waals surface area (Å²) >= 11 is 3.65. The molecule has 0 bridgehead atoms. The smallest absolute Gasteiger partial charge is 0.232 e. The van der Waals surface area contributed by atoms with E-state index in [-0.39, 0.29) is 0 Å². The maximum atomic E-state index is 7.81. The summed E-state index contributed by atoms with van der Waals surface area (Å²) in [6.45, 7) is 12.6. The molecule has 0 unspecified atom stereocenters. The summed E-state index contributed by atoms with van der Waals surface area (Å²) in [6, 6.07) is 10.3. The number of aryl methyl sites for hydroxylation is 1. The van der Waals surface area contributed by atoms with Gasteiger partial charge in [0.1, 0.15) is 5.75 Å². The van der Waals surface area contributed by atoms with E-state index in [9.17, 15) is 0 Å². The molecule has 1 heterocycles. The number of methoxy groups -OCH3 is 1. The highest BCUT2D eigenvalue weighted by Gasteiger charge is 2.44. The molecule has 1 aliphatic carbocycles. The second-order valence-electron chi connectivity index (χ2n) is 8.09. The van der Waals surface area contributed by atoms with E-state index in [1.807, 2.05) is 12.1 Å². The second-order valence-corrected chi connectivity index (χ2v) is 9.00. The molecular weight excluding hydrogens is 414 g/mol. The number of piperidine rings is 1. The van der Waals surface area contributed by atoms with E-state index in [2.05, 4.69) is 56.1 Å². The zero-order chi connectivity index (χ0) is 19.7. The number of hydrogen-bond donors (Lipinski definition) is 1. The van der Waals surface area contributed by atoms with Crippen molar-refractivity contribution in [2.24, 2.45) is 5.41 Å². The third-order valence-corrected chi connectivity index (χ3v) is 6.66. The summed E-state index contributed by atoms with van der Waals surface area (Å²) in [5.41, 5.74) is 5.50. The zero-order valence-electron chi connectivity index (χ0n) is 16.5. The Hall–Kier alpha value is -2.19. The molecule has 2 aromatic rings. The van der Waals surface area contributed by atoms with Crippen molar-refractivity contribution in [3.05, 3.63) is 57.3 Å². The predicted molar refractivity (Wildman–Crippen MR) is 119 cm³/mol. The Labute approximate surface area is 175 Å². The number of ether oxygens (including phenoxy) is 1. The summed E-state index contributed by atoms with van der Waals surface area (Å²) < 4.78 is 6.52. The van der Waals surface area contributed by atoms with Crippen LogP contribution in [0.2, 0.25) is 0 Å². The summed E-state index contributed by atoms with van der Waals surface area (Å²) in [7, 11) is 1.70. The highest BCUT2D eigenvalue weighted by molar-refractivity contribution is 9.10. The van der Waals surface area contributed by atoms with Crippen LogP contribution in [0.15, 0.2) is 34.8 Å². The van der Waals surface area contributed by atoms with Gasteiger partial charge in [0.25, 0.3) is 0 Å². The molecule has 1 spiro atoms. The fourth-order valence-corrected chi connectivity index (χ4v) is 4.61. The van der Waals surface area contributed by atoms with Crippen LogP contribution < -0.4 is 15.0 Å². The SMILES string of the molecule is [C-]#[N+]c1c(NCc2ccc(C)cc2OC)cc(Br)cc1N1CCC2(CC1)CC2. The van der Waals surface area contributed by atoms with Gasteiger partial charge in [0.2, 0.25) is 5.69 Å². The first-order chi connectivity index (χ1) is 13.5. The summed E-state index contributed by atoms with van der Waals surface area (Å²) in [5.74, 6) is 0.873. The molecule has 2 aromatic carbocycles. The van der Waals surface area contributed by atoms with E-state index >= 15 is 0 Å². The van der Waals surface area contributed by atoms with Crippen molar-refractivity contribution in [3.8, 4) is 5.75 Å². The van der Waals surface area contributed by atoms with Crippen LogP contribution in [-0.2, 0) is 6.54 Å². The lowest BCUT2D eigenvalue weighted by Gasteiger charge is -2.35. The molecule has 1 saturated carbocycles. The van der Waals surface area contributed by atoms with Crippen molar-refractivity contribution in [1.29, 1.82) is 0 Å². The minimum atomic E-state index is 0.616. The molecule has 0 amide bonds. The molecule has 0 radical (unpaired) electrons. The van der Waals surface area contributed by atoms with Crippen LogP contribution in [0.4, 0.5) is 17.1 Å². The number of nitrogens with zero attached hydrogens (tertiary/aromatic N) is 2. The van der Waals surface area contributed by atoms with Crippen molar-refractivity contribution in [3.63, 3.8) is 0 Å². The van der Waals surface area contributed by atoms with E-state index in [1.165, 1.54) is 31.2 Å². The van der Waals surface area contributed by atoms with Crippen LogP contribution in [-0.4, -0.2) is 20.2 Å². The fraction of sp³-hybridized carbons (Fsp3) is 0.435. The van der Waals surface area contributed by atoms with Crippen LogP contribution in [0.1, 0.15) is 36.8 Å². The number of halogens is 1. The molecule has 2 aliphatic rings. The number of nitrogens with one attached hydrogen (secondary N) is 1. The van der Waals surface area contributed by atoms with Crippen LogP contribution in [0, 0.1) is 18.9 Å². The molecule has 2 fully saturated rings. The molecule has 1 N–H and O–H groups in total. The second kappa shape index (κ2) is 7.67. The molecule has 1 aliphatic heterocycles. The molecular formula is C23H26BrN3O. The lowest BCUT2D eigenvalue weighted by atomic mass is 9.93. The van der Waals surface area contributed by atoms with E-state index in [0.29, 0.717) is 17.6 Å². The molecule has 1 saturated heterocycles. The van der Waals surface area contributed by atoms with E-state index in [0.717, 1.165) is 40.2 Å². The van der Waals surface area contributed by atoms with Gasteiger partial charge in [-0.1, -0.05) is 28.1 Å². The van der Waals surface area contributed by atoms with Gasteiger partial charge in [-0.25, -0.2) is 4.85 Å². The van der Waals surface area contributed by atoms with E-state index in [1.54, 1.807) is 7.11 Å². The first-order valence-electron chi connectivity index (χ1n) is 9.87. The van der Waals surface area contributed by atoms with Crippen molar-refractivity contribution in [2.75, 3.05) is 30.4 Å². The molecule has 4 rings (SSSR count). The average Bonchev–Trinajstić information content (AvgIpc) is 3.45. The van der Waals surface area contributed by atoms with Gasteiger partial charge >= 0.3 is 0 Å². The van der Waals surface area contributed by atoms with Crippen molar-refractivity contribution in [2.45, 2.75) is 39.2 Å². The Balaban J connectivity index is 1.57. The maximum absolute atomic E-state index is 7.81. The first kappa shape index (κ1) is 19.1. The van der Waals surface area contributed by atoms with Crippen LogP contribution in [0.25, 0.3) is 4.85 Å². The number of rotatable bonds is 5. The highest BCUT2D eigenvalue weighted by Crippen LogP contribution is 2.54. The van der Waals surface area contributed by atoms with Gasteiger partial charge in [-0.2, -0.15) is 0 Å². The van der Waals surface area contributed by atoms with E-state index < -0.39 is 0 Å². The Morgan fingerprint density at radius 3 is 2.57 bits per heavy atom. The fourth-order valence-electron chi connectivity index (χ4n) is 4.17. The average molecular weight is 440 g/mol. The number of benzene rings is 2. The topological polar surface area (TPSA) is 28.9 Å². The molecule has 0 atom stereocenters. The van der Waals surface area contributed by atoms with Gasteiger partial charge < -0.3 is 15.0 Å². The van der Waals surface area contributed by atoms with Crippen LogP contribution in [0.5, 0.6) is 5.75 Å². The maximum Gasteiger partial charge on any atom is 0.232 e. The number of anilines is 2. The van der Waals surface area contributed by atoms with Crippen molar-refractivity contribution in [1.82, 2.24) is 0 Å². The lowest BCUT2D eigenvalue weighted by Crippen LogP contribution is -2.34. The summed E-state index contributed by atoms with van der Waals surface area (Å²) in [5, 5.41) is 3.47. The quantitative estimate of drug-likeness (QED) is 0.553. The molecule has 0 aromatic heterocycles. The first-order valence-corrected chi connectivity index (χ1v) is 10.7. The van der Waals surface area contributed by atoms with Gasteiger partial charge in [0, 0.05) is 41.0 Å². The van der Waals surface area contributed by atoms with E-state index in [4.69, 9.17) is 11.3 Å². The normalized spacial score (nSPS) is 17.3. The number of hydrogen-bond acceptors (Lipinski definition) is 3. The molecule has 28 heavy (non-hydrogen) atoms. The Kier molecular flexibility index (Phi) is 5.25. The van der Waals surface area contributed by atoms with Gasteiger partial charge in [-0.05, 0) is 61.8 Å². The van der Waals surface area contributed by atoms with Gasteiger partial charge in [-0.15, -0.1) is 0 Å². The monoisotopic (exact) mass is 439 g/mol. The Morgan fingerprint density at radius 2 is 1.93 bits per heavy atom. The van der Waals surface area contributed by atoms with Crippen molar-refractivity contribution >= 4 is 33.0 Å². The highest BCUT2D eigenvalue weighted by atomic mass is 79.9. The summed E-state index contributed by atoms with van der Waals surface area (Å²) in [6.07, 6.45) is 5.28. The van der Waals surface area contributed by atoms with Gasteiger partial charge in [-0.3, -0.25) is 0 Å². The Bertz CT molecular complexity index is 920. The van der Waals surface area contributed by atoms with Crippen LogP contribution in [0.3, 0.4) is 0 Å². The summed E-state index contributed by atoms with van der Waals surface area (Å²) in [4.78, 5) is 6.29. The largest absolute Gasteiger partial charge is 0.496 e. The minimum Gasteiger partial charge on any atom is -0.496 e. The molecule has 146 valence electrons. The van der Waals surface area contributed by atoms with Gasteiger partial charge in [0.15, 0.2) is 0 Å². The van der Waals surface area contributed by atoms with Gasteiger partial charge in [0.05, 0.1) is 13.7 Å². The third-order valence-electron chi connectivity index (χ3n) is 6.20.